The first-order chi connectivity index (χ1) is 12.8. The number of carbonyl (C=O) groups is 2. The van der Waals surface area contributed by atoms with Crippen molar-refractivity contribution in [3.63, 3.8) is 0 Å². The summed E-state index contributed by atoms with van der Waals surface area (Å²) in [6, 6.07) is 12.6. The van der Waals surface area contributed by atoms with E-state index in [0.717, 1.165) is 16.8 Å². The largest absolute Gasteiger partial charge is 0.453 e. The molecule has 1 aromatic heterocycles. The Morgan fingerprint density at radius 3 is 2.44 bits per heavy atom. The molecule has 1 aromatic carbocycles. The highest BCUT2D eigenvalue weighted by molar-refractivity contribution is 5.88. The maximum Gasteiger partial charge on any atom is 0.407 e. The zero-order chi connectivity index (χ0) is 19.9. The van der Waals surface area contributed by atoms with Crippen molar-refractivity contribution < 1.29 is 17.2 Å². The summed E-state index contributed by atoms with van der Waals surface area (Å²) in [4.78, 5) is 28.1. The summed E-state index contributed by atoms with van der Waals surface area (Å²) >= 11 is 0. The van der Waals surface area contributed by atoms with E-state index in [-0.39, 0.29) is 2.85 Å². The third-order valence-corrected chi connectivity index (χ3v) is 3.84. The van der Waals surface area contributed by atoms with Crippen molar-refractivity contribution in [2.24, 2.45) is 10.5 Å². The Morgan fingerprint density at radius 1 is 1.19 bits per heavy atom. The van der Waals surface area contributed by atoms with E-state index in [2.05, 4.69) is 25.6 Å². The molecule has 0 bridgehead atoms. The van der Waals surface area contributed by atoms with E-state index in [1.807, 2.05) is 63.2 Å². The maximum absolute atomic E-state index is 12.4. The van der Waals surface area contributed by atoms with Crippen LogP contribution in [0.2, 0.25) is 0 Å². The quantitative estimate of drug-likeness (QED) is 0.621. The summed E-state index contributed by atoms with van der Waals surface area (Å²) in [5, 5.41) is 6.51. The average Bonchev–Trinajstić information content (AvgIpc) is 2.66. The monoisotopic (exact) mass is 372 g/mol. The molecule has 2 rings (SSSR count). The van der Waals surface area contributed by atoms with E-state index < -0.39 is 23.5 Å². The molecule has 0 spiro atoms. The second-order valence-corrected chi connectivity index (χ2v) is 7.01. The molecule has 0 saturated heterocycles. The Bertz CT molecular complexity index is 807. The van der Waals surface area contributed by atoms with Crippen molar-refractivity contribution in [3.8, 4) is 11.3 Å². The normalized spacial score (nSPS) is 12.4. The number of pyridine rings is 1. The van der Waals surface area contributed by atoms with Crippen LogP contribution >= 0.6 is 0 Å². The summed E-state index contributed by atoms with van der Waals surface area (Å²) in [6.45, 7) is 5.52. The lowest BCUT2D eigenvalue weighted by Gasteiger charge is -2.28. The van der Waals surface area contributed by atoms with Gasteiger partial charge in [-0.1, -0.05) is 51.1 Å². The summed E-state index contributed by atoms with van der Waals surface area (Å²) in [5.41, 5.74) is 4.66. The molecular weight excluding hydrogens is 344 g/mol. The number of hydrogen-bond acceptors (Lipinski definition) is 5. The third kappa shape index (κ3) is 5.91. The Labute approximate surface area is 161 Å². The van der Waals surface area contributed by atoms with E-state index in [9.17, 15) is 9.59 Å². The number of ether oxygens (including phenoxy) is 1. The van der Waals surface area contributed by atoms with Gasteiger partial charge < -0.3 is 10.1 Å². The molecule has 0 radical (unpaired) electrons. The van der Waals surface area contributed by atoms with Crippen LogP contribution in [0, 0.1) is 5.41 Å². The van der Waals surface area contributed by atoms with Gasteiger partial charge in [0, 0.05) is 14.6 Å². The Kier molecular flexibility index (Phi) is 6.65. The SMILES string of the molecule is COC(=O)N[C@H](C(=O)N/N=C/c1ccc(-c2ccccn2)cc1)C(C)(C)C.[HH].[HH]. The molecule has 2 aromatic rings. The van der Waals surface area contributed by atoms with Gasteiger partial charge in [0.1, 0.15) is 6.04 Å². The molecule has 146 valence electrons. The maximum atomic E-state index is 12.4. The highest BCUT2D eigenvalue weighted by Crippen LogP contribution is 2.19. The van der Waals surface area contributed by atoms with Crippen molar-refractivity contribution in [1.29, 1.82) is 0 Å². The van der Waals surface area contributed by atoms with E-state index >= 15 is 0 Å². The predicted molar refractivity (Wildman–Crippen MR) is 108 cm³/mol. The number of amides is 2. The number of aromatic nitrogens is 1. The molecule has 0 unspecified atom stereocenters. The zero-order valence-corrected chi connectivity index (χ0v) is 15.9. The summed E-state index contributed by atoms with van der Waals surface area (Å²) < 4.78 is 4.57. The van der Waals surface area contributed by atoms with Crippen molar-refractivity contribution in [2.45, 2.75) is 26.8 Å². The van der Waals surface area contributed by atoms with Crippen LogP contribution in [-0.4, -0.2) is 36.4 Å². The molecule has 2 amide bonds. The molecule has 1 heterocycles. The molecule has 7 nitrogen and oxygen atoms in total. The number of nitrogens with one attached hydrogen (secondary N) is 2. The fraction of sp³-hybridized carbons (Fsp3) is 0.300. The van der Waals surface area contributed by atoms with Crippen LogP contribution in [-0.2, 0) is 9.53 Å². The van der Waals surface area contributed by atoms with E-state index in [1.165, 1.54) is 13.3 Å². The van der Waals surface area contributed by atoms with Crippen LogP contribution in [0.3, 0.4) is 0 Å². The van der Waals surface area contributed by atoms with Crippen LogP contribution in [0.4, 0.5) is 4.79 Å². The van der Waals surface area contributed by atoms with Gasteiger partial charge in [-0.2, -0.15) is 5.10 Å². The number of nitrogens with zero attached hydrogens (tertiary/aromatic N) is 2. The van der Waals surface area contributed by atoms with Crippen molar-refractivity contribution in [1.82, 2.24) is 15.7 Å². The van der Waals surface area contributed by atoms with Gasteiger partial charge in [0.15, 0.2) is 0 Å². The lowest BCUT2D eigenvalue weighted by atomic mass is 9.86. The molecule has 27 heavy (non-hydrogen) atoms. The summed E-state index contributed by atoms with van der Waals surface area (Å²) in [6.07, 6.45) is 2.62. The van der Waals surface area contributed by atoms with Crippen LogP contribution in [0.1, 0.15) is 29.2 Å². The fourth-order valence-electron chi connectivity index (χ4n) is 2.36. The minimum atomic E-state index is -0.784. The minimum Gasteiger partial charge on any atom is -0.453 e. The molecule has 2 N–H and O–H groups in total. The van der Waals surface area contributed by atoms with Crippen LogP contribution < -0.4 is 10.7 Å². The van der Waals surface area contributed by atoms with Gasteiger partial charge in [-0.25, -0.2) is 10.2 Å². The van der Waals surface area contributed by atoms with E-state index in [1.54, 1.807) is 6.20 Å². The highest BCUT2D eigenvalue weighted by Gasteiger charge is 2.33. The van der Waals surface area contributed by atoms with E-state index in [4.69, 9.17) is 0 Å². The second-order valence-electron chi connectivity index (χ2n) is 7.01. The van der Waals surface area contributed by atoms with Gasteiger partial charge in [-0.05, 0) is 23.1 Å². The summed E-state index contributed by atoms with van der Waals surface area (Å²) in [7, 11) is 1.25. The first-order valence-electron chi connectivity index (χ1n) is 8.50. The lowest BCUT2D eigenvalue weighted by Crippen LogP contribution is -2.52. The average molecular weight is 372 g/mol. The molecule has 0 aliphatic carbocycles. The van der Waals surface area contributed by atoms with Crippen molar-refractivity contribution in [3.05, 3.63) is 54.2 Å². The zero-order valence-electron chi connectivity index (χ0n) is 15.9. The number of alkyl carbamates (subject to hydrolysis) is 1. The molecule has 1 atom stereocenters. The Morgan fingerprint density at radius 2 is 1.89 bits per heavy atom. The fourth-order valence-corrected chi connectivity index (χ4v) is 2.36. The summed E-state index contributed by atoms with van der Waals surface area (Å²) in [5.74, 6) is -0.422. The number of carbonyl (C=O) groups excluding carboxylic acids is 2. The standard InChI is InChI=1S/C20H24N4O3.2H2/c1-20(2,3)17(23-19(26)27-4)18(25)24-22-13-14-8-10-15(11-9-14)16-7-5-6-12-21-16;;/h5-13,17H,1-4H3,(H,23,26)(H,24,25);2*1H/b22-13+;;/t17-;;/m1../s1. The number of hydrazone groups is 1. The van der Waals surface area contributed by atoms with Crippen molar-refractivity contribution in [2.75, 3.05) is 7.11 Å². The molecule has 0 fully saturated rings. The third-order valence-electron chi connectivity index (χ3n) is 3.84. The topological polar surface area (TPSA) is 92.7 Å². The molecular formula is C20H28N4O3. The van der Waals surface area contributed by atoms with Crippen molar-refractivity contribution >= 4 is 18.2 Å². The smallest absolute Gasteiger partial charge is 0.407 e. The molecule has 0 saturated carbocycles. The molecule has 0 aliphatic heterocycles. The number of hydrogen-bond donors (Lipinski definition) is 2. The molecule has 7 heteroatoms. The minimum absolute atomic E-state index is 0. The first-order valence-corrected chi connectivity index (χ1v) is 8.50. The van der Waals surface area contributed by atoms with Gasteiger partial charge in [0.2, 0.25) is 0 Å². The van der Waals surface area contributed by atoms with E-state index in [0.29, 0.717) is 0 Å². The predicted octanol–water partition coefficient (Wildman–Crippen LogP) is 3.46. The van der Waals surface area contributed by atoms with Gasteiger partial charge >= 0.3 is 6.09 Å². The van der Waals surface area contributed by atoms with Crippen LogP contribution in [0.5, 0.6) is 0 Å². The highest BCUT2D eigenvalue weighted by atomic mass is 16.5. The number of benzene rings is 1. The first kappa shape index (κ1) is 20.1. The Hall–Kier alpha value is -3.22. The number of methoxy groups -OCH3 is 1. The van der Waals surface area contributed by atoms with Gasteiger partial charge in [0.05, 0.1) is 19.0 Å². The van der Waals surface area contributed by atoms with Gasteiger partial charge in [-0.15, -0.1) is 0 Å². The molecule has 0 aliphatic rings. The lowest BCUT2D eigenvalue weighted by molar-refractivity contribution is -0.125. The van der Waals surface area contributed by atoms with Crippen LogP contribution in [0.25, 0.3) is 11.3 Å². The number of rotatable bonds is 5. The van der Waals surface area contributed by atoms with Crippen LogP contribution in [0.15, 0.2) is 53.8 Å². The van der Waals surface area contributed by atoms with Gasteiger partial charge in [-0.3, -0.25) is 9.78 Å². The Balaban J connectivity index is 0.00000392. The van der Waals surface area contributed by atoms with Gasteiger partial charge in [0.25, 0.3) is 5.91 Å². The second kappa shape index (κ2) is 8.93.